The number of ketones is 2. The molecule has 0 spiro atoms. The standard InChI is InChI=1S/C24H24N4O5.C24H22N4O4.H2O4S/c1-32-17-13-27-23(33-2)20-19(17)16(12-26-20)21(29)24(31)28-10-8-15(9-11-28)18(22(25)30)14-6-4-3-5-7-14;1-25-20(15-7-5-4-6-8-15)16-9-11-28(12-10-16)24(30)22(29)17-13-26-21-19(17)18(31-2)14-27-23(21)32-3;1-5(2,3)4/h3-7,12-13,26H,8-11H2,1-2H3,(H2,25,30);4-8,13-14,26H,9-12H2,2-3H3;(H2,1,2,3,4). The molecule has 0 aliphatic carbocycles. The van der Waals surface area contributed by atoms with Crippen molar-refractivity contribution in [1.29, 1.82) is 0 Å². The van der Waals surface area contributed by atoms with Gasteiger partial charge in [-0.2, -0.15) is 8.42 Å². The van der Waals surface area contributed by atoms with Gasteiger partial charge in [0.25, 0.3) is 23.4 Å². The second-order valence-corrected chi connectivity index (χ2v) is 16.3. The van der Waals surface area contributed by atoms with Crippen molar-refractivity contribution in [3.8, 4) is 23.3 Å². The number of amides is 3. The number of benzene rings is 2. The number of nitrogens with two attached hydrogens (primary N) is 1. The van der Waals surface area contributed by atoms with Gasteiger partial charge in [-0.3, -0.25) is 33.1 Å². The van der Waals surface area contributed by atoms with Crippen LogP contribution in [0.1, 0.15) is 57.5 Å². The molecule has 22 heteroatoms. The first kappa shape index (κ1) is 51.0. The molecule has 0 atom stereocenters. The molecule has 0 unspecified atom stereocenters. The molecule has 3 amide bonds. The highest BCUT2D eigenvalue weighted by Gasteiger charge is 2.32. The number of hydrogen-bond donors (Lipinski definition) is 5. The predicted molar refractivity (Wildman–Crippen MR) is 255 cm³/mol. The average Bonchev–Trinajstić information content (AvgIpc) is 4.03. The number of carbonyl (C=O) groups is 5. The van der Waals surface area contributed by atoms with Crippen molar-refractivity contribution in [3.63, 3.8) is 0 Å². The first-order valence-electron chi connectivity index (χ1n) is 21.3. The number of pyridine rings is 2. The van der Waals surface area contributed by atoms with Crippen LogP contribution in [0.15, 0.2) is 96.6 Å². The molecule has 0 radical (unpaired) electrons. The van der Waals surface area contributed by atoms with Gasteiger partial charge < -0.3 is 44.4 Å². The number of methoxy groups -OCH3 is 4. The highest BCUT2D eigenvalue weighted by molar-refractivity contribution is 7.79. The topological polar surface area (TPSA) is 291 Å². The van der Waals surface area contributed by atoms with Crippen molar-refractivity contribution >= 4 is 72.8 Å². The van der Waals surface area contributed by atoms with Crippen LogP contribution in [0.4, 0.5) is 0 Å². The van der Waals surface area contributed by atoms with E-state index in [0.29, 0.717) is 108 Å². The Morgan fingerprint density at radius 3 is 1.39 bits per heavy atom. The fourth-order valence-corrected chi connectivity index (χ4v) is 8.20. The number of hydrogen-bond acceptors (Lipinski definition) is 13. The second-order valence-electron chi connectivity index (χ2n) is 15.4. The third-order valence-electron chi connectivity index (χ3n) is 11.4. The van der Waals surface area contributed by atoms with Crippen LogP contribution in [0.2, 0.25) is 0 Å². The van der Waals surface area contributed by atoms with Crippen LogP contribution in [0.5, 0.6) is 23.3 Å². The maximum atomic E-state index is 13.1. The minimum absolute atomic E-state index is 0.191. The lowest BCUT2D eigenvalue weighted by Gasteiger charge is -2.29. The number of nitrogens with zero attached hydrogens (tertiary/aromatic N) is 5. The summed E-state index contributed by atoms with van der Waals surface area (Å²) in [4.78, 5) is 85.3. The Balaban J connectivity index is 0.000000210. The van der Waals surface area contributed by atoms with E-state index in [0.717, 1.165) is 22.3 Å². The highest BCUT2D eigenvalue weighted by atomic mass is 32.3. The van der Waals surface area contributed by atoms with E-state index >= 15 is 0 Å². The van der Waals surface area contributed by atoms with Gasteiger partial charge in [-0.05, 0) is 36.8 Å². The molecule has 6 heterocycles. The Morgan fingerprint density at radius 2 is 1.03 bits per heavy atom. The van der Waals surface area contributed by atoms with Crippen molar-refractivity contribution in [2.24, 2.45) is 5.73 Å². The Kier molecular flexibility index (Phi) is 16.5. The Bertz CT molecular complexity index is 3150. The van der Waals surface area contributed by atoms with E-state index in [9.17, 15) is 24.0 Å². The van der Waals surface area contributed by atoms with Crippen molar-refractivity contribution in [3.05, 3.63) is 130 Å². The lowest BCUT2D eigenvalue weighted by molar-refractivity contribution is -0.127. The lowest BCUT2D eigenvalue weighted by atomic mass is 9.92. The minimum atomic E-state index is -4.67. The number of fused-ring (bicyclic) bond motifs is 2. The zero-order valence-electron chi connectivity index (χ0n) is 38.3. The number of carbonyl (C=O) groups excluding carboxylic acids is 5. The van der Waals surface area contributed by atoms with Gasteiger partial charge in [-0.15, -0.1) is 0 Å². The van der Waals surface area contributed by atoms with Gasteiger partial charge in [0.15, 0.2) is 5.70 Å². The van der Waals surface area contributed by atoms with Crippen LogP contribution in [-0.2, 0) is 24.8 Å². The number of ether oxygens (including phenoxy) is 4. The van der Waals surface area contributed by atoms with Crippen LogP contribution >= 0.6 is 0 Å². The third kappa shape index (κ3) is 11.5. The SMILES string of the molecule is COc1ncc(OC)c2c(C(=O)C(=O)N3CCC(=C(C(N)=O)c4ccccc4)CC3)c[nH]c12.O=S(=O)(O)O.[C-]#[N+]C(=C1CCN(C(=O)C(=O)c2c[nH]c3c(OC)ncc(OC)c23)CC1)c1ccccc1. The van der Waals surface area contributed by atoms with Crippen molar-refractivity contribution in [2.45, 2.75) is 25.7 Å². The van der Waals surface area contributed by atoms with Crippen molar-refractivity contribution in [1.82, 2.24) is 29.7 Å². The number of aromatic amines is 2. The predicted octanol–water partition coefficient (Wildman–Crippen LogP) is 5.39. The van der Waals surface area contributed by atoms with Crippen LogP contribution < -0.4 is 24.7 Å². The van der Waals surface area contributed by atoms with Gasteiger partial charge in [-0.1, -0.05) is 71.8 Å². The van der Waals surface area contributed by atoms with Crippen molar-refractivity contribution < 1.29 is 60.4 Å². The van der Waals surface area contributed by atoms with Gasteiger partial charge in [0, 0.05) is 44.1 Å². The fraction of sp³-hybridized carbons (Fsp3) is 0.250. The number of H-pyrrole nitrogens is 2. The molecular weight excluding hydrogens is 929 g/mol. The monoisotopic (exact) mass is 976 g/mol. The summed E-state index contributed by atoms with van der Waals surface area (Å²) in [6, 6.07) is 18.8. The zero-order chi connectivity index (χ0) is 50.7. The number of likely N-dealkylation sites (tertiary alicyclic amines) is 2. The van der Waals surface area contributed by atoms with Gasteiger partial charge in [0.05, 0.1) is 69.3 Å². The van der Waals surface area contributed by atoms with Gasteiger partial charge in [0.1, 0.15) is 22.5 Å². The number of rotatable bonds is 11. The first-order valence-corrected chi connectivity index (χ1v) is 22.7. The van der Waals surface area contributed by atoms with Crippen LogP contribution in [0.25, 0.3) is 37.9 Å². The maximum Gasteiger partial charge on any atom is 0.394 e. The zero-order valence-corrected chi connectivity index (χ0v) is 39.2. The Labute approximate surface area is 401 Å². The van der Waals surface area contributed by atoms with E-state index in [-0.39, 0.29) is 11.1 Å². The molecule has 364 valence electrons. The number of primary amides is 1. The molecule has 6 N–H and O–H groups in total. The number of aromatic nitrogens is 4. The second kappa shape index (κ2) is 22.6. The molecule has 2 aromatic carbocycles. The fourth-order valence-electron chi connectivity index (χ4n) is 8.20. The smallest absolute Gasteiger partial charge is 0.394 e. The summed E-state index contributed by atoms with van der Waals surface area (Å²) < 4.78 is 52.8. The van der Waals surface area contributed by atoms with Gasteiger partial charge >= 0.3 is 10.4 Å². The number of piperidine rings is 2. The molecule has 2 fully saturated rings. The molecule has 8 rings (SSSR count). The third-order valence-corrected chi connectivity index (χ3v) is 11.4. The molecule has 4 aromatic heterocycles. The molecule has 0 bridgehead atoms. The van der Waals surface area contributed by atoms with E-state index in [1.54, 1.807) is 4.90 Å². The molecule has 2 aliphatic rings. The summed E-state index contributed by atoms with van der Waals surface area (Å²) in [7, 11) is 1.23. The largest absolute Gasteiger partial charge is 0.494 e. The van der Waals surface area contributed by atoms with E-state index in [1.807, 2.05) is 60.7 Å². The van der Waals surface area contributed by atoms with Gasteiger partial charge in [0.2, 0.25) is 17.7 Å². The summed E-state index contributed by atoms with van der Waals surface area (Å²) in [5.41, 5.74) is 11.7. The molecule has 21 nitrogen and oxygen atoms in total. The molecular formula is C48H48N8O13S. The summed E-state index contributed by atoms with van der Waals surface area (Å²) in [5, 5.41) is 0.912. The van der Waals surface area contributed by atoms with E-state index in [2.05, 4.69) is 24.8 Å². The summed E-state index contributed by atoms with van der Waals surface area (Å²) in [5.74, 6) is -1.62. The van der Waals surface area contributed by atoms with E-state index < -0.39 is 39.7 Å². The maximum absolute atomic E-state index is 13.1. The Morgan fingerprint density at radius 1 is 0.643 bits per heavy atom. The number of nitrogens with one attached hydrogen (secondary N) is 2. The van der Waals surface area contributed by atoms with E-state index in [1.165, 1.54) is 58.1 Å². The quantitative estimate of drug-likeness (QED) is 0.0358. The summed E-state index contributed by atoms with van der Waals surface area (Å²) in [6.45, 7) is 8.98. The molecule has 70 heavy (non-hydrogen) atoms. The summed E-state index contributed by atoms with van der Waals surface area (Å²) >= 11 is 0. The van der Waals surface area contributed by atoms with E-state index in [4.69, 9.17) is 48.8 Å². The minimum Gasteiger partial charge on any atom is -0.494 e. The average molecular weight is 977 g/mol. The molecule has 2 saturated heterocycles. The Hall–Kier alpha value is -8.39. The summed E-state index contributed by atoms with van der Waals surface area (Å²) in [6.07, 6.45) is 7.89. The van der Waals surface area contributed by atoms with Crippen LogP contribution in [0.3, 0.4) is 0 Å². The van der Waals surface area contributed by atoms with Crippen molar-refractivity contribution in [2.75, 3.05) is 54.6 Å². The number of Topliss-reactive ketones (excluding diaryl/α,β-unsaturated/α-hetero) is 2. The van der Waals surface area contributed by atoms with Gasteiger partial charge in [-0.25, -0.2) is 14.8 Å². The molecule has 6 aromatic rings. The highest BCUT2D eigenvalue weighted by Crippen LogP contribution is 2.36. The first-order chi connectivity index (χ1) is 33.5. The van der Waals surface area contributed by atoms with Crippen LogP contribution in [-0.4, -0.2) is 131 Å². The normalized spacial score (nSPS) is 13.4. The molecule has 2 aliphatic heterocycles. The molecule has 0 saturated carbocycles. The van der Waals surface area contributed by atoms with Crippen LogP contribution in [0, 0.1) is 6.57 Å². The lowest BCUT2D eigenvalue weighted by Crippen LogP contribution is -2.41.